The molecule has 0 aromatic rings. The van der Waals surface area contributed by atoms with Crippen LogP contribution in [0.1, 0.15) is 33.6 Å². The number of nitrogens with two attached hydrogens (primary N) is 1. The average molecular weight is 404 g/mol. The maximum absolute atomic E-state index is 12.1. The van der Waals surface area contributed by atoms with Crippen LogP contribution in [0.5, 0.6) is 0 Å². The average Bonchev–Trinajstić information content (AvgIpc) is 2.58. The number of sulfonamides is 1. The van der Waals surface area contributed by atoms with Gasteiger partial charge in [-0.2, -0.15) is 0 Å². The molecule has 0 saturated carbocycles. The van der Waals surface area contributed by atoms with Crippen molar-refractivity contribution in [3.63, 3.8) is 0 Å². The maximum Gasteiger partial charge on any atom is 0.410 e. The first-order chi connectivity index (χ1) is 12.5. The normalized spacial score (nSPS) is 21.4. The molecule has 2 fully saturated rings. The fraction of sp³-hybridized carbons (Fsp3) is 0.882. The molecule has 1 amide bonds. The fourth-order valence-corrected chi connectivity index (χ4v) is 4.06. The van der Waals surface area contributed by atoms with Crippen LogP contribution in [-0.2, 0) is 14.8 Å². The lowest BCUT2D eigenvalue weighted by Crippen LogP contribution is -2.53. The highest BCUT2D eigenvalue weighted by Gasteiger charge is 2.27. The number of hydrogen-bond acceptors (Lipinski definition) is 5. The second-order valence-electron chi connectivity index (χ2n) is 8.26. The minimum absolute atomic E-state index is 0.296. The van der Waals surface area contributed by atoms with E-state index in [-0.39, 0.29) is 6.09 Å². The summed E-state index contributed by atoms with van der Waals surface area (Å²) in [5.41, 5.74) is 5.62. The van der Waals surface area contributed by atoms with Gasteiger partial charge in [-0.1, -0.05) is 0 Å². The molecule has 2 aliphatic heterocycles. The van der Waals surface area contributed by atoms with E-state index in [0.29, 0.717) is 57.7 Å². The molecule has 0 radical (unpaired) electrons. The summed E-state index contributed by atoms with van der Waals surface area (Å²) in [6.07, 6.45) is 2.56. The molecule has 27 heavy (non-hydrogen) atoms. The molecule has 2 aliphatic rings. The predicted octanol–water partition coefficient (Wildman–Crippen LogP) is 0.525. The number of carbonyl (C=O) groups is 1. The summed E-state index contributed by atoms with van der Waals surface area (Å²) >= 11 is 0. The Hall–Kier alpha value is -1.55. The van der Waals surface area contributed by atoms with Crippen molar-refractivity contribution >= 4 is 22.1 Å². The largest absolute Gasteiger partial charge is 0.444 e. The van der Waals surface area contributed by atoms with Gasteiger partial charge in [0.15, 0.2) is 5.96 Å². The van der Waals surface area contributed by atoms with E-state index in [4.69, 9.17) is 10.5 Å². The Kier molecular flexibility index (Phi) is 6.96. The lowest BCUT2D eigenvalue weighted by molar-refractivity contribution is 0.0186. The van der Waals surface area contributed by atoms with E-state index in [9.17, 15) is 13.2 Å². The molecule has 0 aromatic carbocycles. The van der Waals surface area contributed by atoms with Crippen LogP contribution >= 0.6 is 0 Å². The molecule has 156 valence electrons. The van der Waals surface area contributed by atoms with E-state index in [1.807, 2.05) is 25.7 Å². The number of ether oxygens (including phenoxy) is 1. The second kappa shape index (κ2) is 8.64. The number of guanidine groups is 1. The summed E-state index contributed by atoms with van der Waals surface area (Å²) in [5, 5.41) is 0. The Labute approximate surface area is 162 Å². The van der Waals surface area contributed by atoms with E-state index in [0.717, 1.165) is 12.8 Å². The van der Waals surface area contributed by atoms with Crippen molar-refractivity contribution in [2.45, 2.75) is 39.2 Å². The smallest absolute Gasteiger partial charge is 0.410 e. The van der Waals surface area contributed by atoms with Crippen molar-refractivity contribution < 1.29 is 17.9 Å². The van der Waals surface area contributed by atoms with Crippen molar-refractivity contribution in [2.75, 3.05) is 52.1 Å². The van der Waals surface area contributed by atoms with E-state index >= 15 is 0 Å². The zero-order valence-corrected chi connectivity index (χ0v) is 17.7. The zero-order valence-electron chi connectivity index (χ0n) is 16.8. The molecule has 0 bridgehead atoms. The van der Waals surface area contributed by atoms with Crippen LogP contribution in [0.2, 0.25) is 0 Å². The van der Waals surface area contributed by atoms with Crippen LogP contribution in [0, 0.1) is 5.92 Å². The van der Waals surface area contributed by atoms with Crippen LogP contribution in [0.25, 0.3) is 0 Å². The maximum atomic E-state index is 12.1. The topological polar surface area (TPSA) is 109 Å². The lowest BCUT2D eigenvalue weighted by Gasteiger charge is -2.36. The van der Waals surface area contributed by atoms with Crippen molar-refractivity contribution in [3.05, 3.63) is 0 Å². The minimum Gasteiger partial charge on any atom is -0.444 e. The van der Waals surface area contributed by atoms with Gasteiger partial charge in [0.1, 0.15) is 5.60 Å². The van der Waals surface area contributed by atoms with E-state index in [1.54, 1.807) is 4.90 Å². The molecule has 2 rings (SSSR count). The summed E-state index contributed by atoms with van der Waals surface area (Å²) in [5.74, 6) is 0.842. The molecule has 0 unspecified atom stereocenters. The van der Waals surface area contributed by atoms with E-state index < -0.39 is 15.6 Å². The molecule has 0 aliphatic carbocycles. The van der Waals surface area contributed by atoms with Crippen LogP contribution in [0.3, 0.4) is 0 Å². The molecule has 0 spiro atoms. The summed E-state index contributed by atoms with van der Waals surface area (Å²) in [7, 11) is -3.10. The third-order valence-corrected chi connectivity index (χ3v) is 6.11. The molecule has 2 N–H and O–H groups in total. The molecule has 0 aromatic heterocycles. The third kappa shape index (κ3) is 6.84. The van der Waals surface area contributed by atoms with Gasteiger partial charge in [-0.05, 0) is 39.5 Å². The summed E-state index contributed by atoms with van der Waals surface area (Å²) < 4.78 is 30.0. The van der Waals surface area contributed by atoms with Gasteiger partial charge in [-0.25, -0.2) is 17.5 Å². The highest BCUT2D eigenvalue weighted by Crippen LogP contribution is 2.19. The Bertz CT molecular complexity index is 643. The number of hydrogen-bond donors (Lipinski definition) is 1. The first-order valence-corrected chi connectivity index (χ1v) is 11.3. The highest BCUT2D eigenvalue weighted by molar-refractivity contribution is 7.88. The van der Waals surface area contributed by atoms with Crippen molar-refractivity contribution in [1.29, 1.82) is 0 Å². The molecular formula is C17H33N5O4S. The molecular weight excluding hydrogens is 370 g/mol. The molecule has 0 atom stereocenters. The summed E-state index contributed by atoms with van der Waals surface area (Å²) in [4.78, 5) is 20.3. The number of nitrogens with zero attached hydrogens (tertiary/aromatic N) is 4. The summed E-state index contributed by atoms with van der Waals surface area (Å²) in [6, 6.07) is 0. The van der Waals surface area contributed by atoms with Crippen LogP contribution in [0.4, 0.5) is 4.79 Å². The highest BCUT2D eigenvalue weighted by atomic mass is 32.2. The van der Waals surface area contributed by atoms with Crippen LogP contribution in [0.15, 0.2) is 4.99 Å². The lowest BCUT2D eigenvalue weighted by atomic mass is 9.98. The number of amides is 1. The zero-order chi connectivity index (χ0) is 20.2. The van der Waals surface area contributed by atoms with Gasteiger partial charge in [0, 0.05) is 45.8 Å². The van der Waals surface area contributed by atoms with Gasteiger partial charge in [0.05, 0.1) is 6.26 Å². The molecule has 2 saturated heterocycles. The third-order valence-electron chi connectivity index (χ3n) is 4.81. The quantitative estimate of drug-likeness (QED) is 0.544. The number of rotatable bonds is 3. The Balaban J connectivity index is 1.76. The first-order valence-electron chi connectivity index (χ1n) is 9.43. The summed E-state index contributed by atoms with van der Waals surface area (Å²) in [6.45, 7) is 9.62. The first kappa shape index (κ1) is 21.7. The monoisotopic (exact) mass is 403 g/mol. The molecule has 2 heterocycles. The van der Waals surface area contributed by atoms with Gasteiger partial charge in [0.2, 0.25) is 10.0 Å². The Morgan fingerprint density at radius 2 is 1.59 bits per heavy atom. The Morgan fingerprint density at radius 3 is 2.07 bits per heavy atom. The van der Waals surface area contributed by atoms with Gasteiger partial charge < -0.3 is 20.3 Å². The van der Waals surface area contributed by atoms with Crippen molar-refractivity contribution in [3.8, 4) is 0 Å². The van der Waals surface area contributed by atoms with Crippen molar-refractivity contribution in [1.82, 2.24) is 14.1 Å². The van der Waals surface area contributed by atoms with Gasteiger partial charge in [0.25, 0.3) is 0 Å². The standard InChI is InChI=1S/C17H33N5O4S/c1-17(2,3)26-16(23)21-11-9-20(10-12-21)15(18)19-13-14-5-7-22(8-6-14)27(4,24)25/h14H,5-13H2,1-4H3,(H2,18,19). The van der Waals surface area contributed by atoms with Crippen LogP contribution < -0.4 is 5.73 Å². The van der Waals surface area contributed by atoms with E-state index in [1.165, 1.54) is 10.6 Å². The van der Waals surface area contributed by atoms with Gasteiger partial charge >= 0.3 is 6.09 Å². The number of aliphatic imine (C=N–C) groups is 1. The SMILES string of the molecule is CC(C)(C)OC(=O)N1CCN(C(N)=NCC2CCN(S(C)(=O)=O)CC2)CC1. The number of piperazine rings is 1. The van der Waals surface area contributed by atoms with Crippen molar-refractivity contribution in [2.24, 2.45) is 16.6 Å². The fourth-order valence-electron chi connectivity index (χ4n) is 3.19. The minimum atomic E-state index is -3.10. The second-order valence-corrected chi connectivity index (χ2v) is 10.2. The van der Waals surface area contributed by atoms with Gasteiger partial charge in [-0.15, -0.1) is 0 Å². The van der Waals surface area contributed by atoms with E-state index in [2.05, 4.69) is 4.99 Å². The van der Waals surface area contributed by atoms with Gasteiger partial charge in [-0.3, -0.25) is 4.99 Å². The molecule has 9 nitrogen and oxygen atoms in total. The number of carbonyl (C=O) groups excluding carboxylic acids is 1. The van der Waals surface area contributed by atoms with Crippen LogP contribution in [-0.4, -0.2) is 92.2 Å². The molecule has 10 heteroatoms. The number of piperidine rings is 1. The predicted molar refractivity (Wildman–Crippen MR) is 105 cm³/mol. The Morgan fingerprint density at radius 1 is 1.07 bits per heavy atom.